The van der Waals surface area contributed by atoms with Crippen molar-refractivity contribution >= 4 is 12.3 Å². The Kier molecular flexibility index (Phi) is 5.85. The van der Waals surface area contributed by atoms with E-state index in [4.69, 9.17) is 9.51 Å². The van der Waals surface area contributed by atoms with Crippen molar-refractivity contribution in [3.63, 3.8) is 0 Å². The minimum absolute atomic E-state index is 0.0875. The Morgan fingerprint density at radius 3 is 2.71 bits per heavy atom. The van der Waals surface area contributed by atoms with Crippen molar-refractivity contribution in [1.82, 2.24) is 39.5 Å². The normalized spacial score (nSPS) is 19.1. The van der Waals surface area contributed by atoms with Gasteiger partial charge in [-0.1, -0.05) is 35.5 Å². The van der Waals surface area contributed by atoms with E-state index in [1.165, 1.54) is 0 Å². The number of benzene rings is 1. The number of nitrogens with zero attached hydrogens (tertiary/aromatic N) is 8. The fraction of sp³-hybridized carbons (Fsp3) is 0.407. The number of amides is 2. The molecule has 11 nitrogen and oxygen atoms in total. The summed E-state index contributed by atoms with van der Waals surface area (Å²) in [7, 11) is 0. The highest BCUT2D eigenvalue weighted by Crippen LogP contribution is 2.48. The largest absolute Gasteiger partial charge is 0.344 e. The van der Waals surface area contributed by atoms with E-state index in [1.807, 2.05) is 66.8 Å². The lowest BCUT2D eigenvalue weighted by molar-refractivity contribution is -0.129. The third kappa shape index (κ3) is 4.17. The summed E-state index contributed by atoms with van der Waals surface area (Å²) in [6, 6.07) is 11.8. The molecule has 4 aromatic rings. The van der Waals surface area contributed by atoms with Crippen molar-refractivity contribution in [2.75, 3.05) is 26.2 Å². The molecule has 2 saturated heterocycles. The van der Waals surface area contributed by atoms with E-state index in [9.17, 15) is 9.59 Å². The third-order valence-electron chi connectivity index (χ3n) is 7.73. The molecule has 0 N–H and O–H groups in total. The van der Waals surface area contributed by atoms with Gasteiger partial charge in [0.25, 0.3) is 11.8 Å². The first-order valence-corrected chi connectivity index (χ1v) is 12.8. The molecule has 2 aliphatic heterocycles. The molecule has 38 heavy (non-hydrogen) atoms. The molecule has 2 fully saturated rings. The minimum atomic E-state index is -0.306. The van der Waals surface area contributed by atoms with Gasteiger partial charge in [-0.2, -0.15) is 15.2 Å². The van der Waals surface area contributed by atoms with Gasteiger partial charge in [0.2, 0.25) is 6.41 Å². The van der Waals surface area contributed by atoms with Gasteiger partial charge >= 0.3 is 0 Å². The van der Waals surface area contributed by atoms with Gasteiger partial charge in [0.1, 0.15) is 6.04 Å². The number of carbonyl (C=O) groups is 2. The number of hydrogen-bond donors (Lipinski definition) is 0. The summed E-state index contributed by atoms with van der Waals surface area (Å²) in [6.45, 7) is 8.57. The molecule has 0 radical (unpaired) electrons. The SMILES string of the molecule is Cc1cc(C)n(C(C)c2nc(C3CN(C(=O)c4cnn(Cc5ccccc5)c4)CC34CN(C=O)C4)no2)n1. The first-order chi connectivity index (χ1) is 18.3. The molecule has 3 aromatic heterocycles. The maximum atomic E-state index is 13.5. The number of rotatable bonds is 7. The van der Waals surface area contributed by atoms with Gasteiger partial charge in [0.05, 0.1) is 29.9 Å². The maximum Gasteiger partial charge on any atom is 0.257 e. The van der Waals surface area contributed by atoms with Gasteiger partial charge in [-0.05, 0) is 32.4 Å². The van der Waals surface area contributed by atoms with Gasteiger partial charge in [0.15, 0.2) is 5.82 Å². The molecule has 196 valence electrons. The second-order valence-corrected chi connectivity index (χ2v) is 10.6. The van der Waals surface area contributed by atoms with Crippen LogP contribution in [0.15, 0.2) is 53.3 Å². The summed E-state index contributed by atoms with van der Waals surface area (Å²) in [6.07, 6.45) is 4.26. The molecule has 2 atom stereocenters. The van der Waals surface area contributed by atoms with Gasteiger partial charge in [-0.25, -0.2) is 0 Å². The number of aromatic nitrogens is 6. The van der Waals surface area contributed by atoms with Crippen LogP contribution >= 0.6 is 0 Å². The average molecular weight is 515 g/mol. The minimum Gasteiger partial charge on any atom is -0.344 e. The molecular weight excluding hydrogens is 484 g/mol. The number of hydrogen-bond acceptors (Lipinski definition) is 7. The standard InChI is InChI=1S/C27H30N8O3/c1-18-9-19(2)35(30-18)20(3)25-29-24(31-38-25)23-13-33(16-27(23)14-32(15-27)17-36)26(37)22-10-28-34(12-22)11-21-7-5-4-6-8-21/h4-10,12,17,20,23H,11,13-16H2,1-3H3. The zero-order valence-corrected chi connectivity index (χ0v) is 21.7. The van der Waals surface area contributed by atoms with Crippen LogP contribution < -0.4 is 0 Å². The Balaban J connectivity index is 1.22. The summed E-state index contributed by atoms with van der Waals surface area (Å²) in [5, 5.41) is 13.3. The van der Waals surface area contributed by atoms with Crippen LogP contribution in [-0.2, 0) is 11.3 Å². The summed E-state index contributed by atoms with van der Waals surface area (Å²) in [4.78, 5) is 33.3. The lowest BCUT2D eigenvalue weighted by Crippen LogP contribution is -2.59. The van der Waals surface area contributed by atoms with Gasteiger partial charge in [0, 0.05) is 43.5 Å². The van der Waals surface area contributed by atoms with E-state index < -0.39 is 0 Å². The third-order valence-corrected chi connectivity index (χ3v) is 7.73. The second-order valence-electron chi connectivity index (χ2n) is 10.6. The quantitative estimate of drug-likeness (QED) is 0.348. The molecular formula is C27H30N8O3. The summed E-state index contributed by atoms with van der Waals surface area (Å²) >= 11 is 0. The van der Waals surface area contributed by atoms with Crippen molar-refractivity contribution in [2.24, 2.45) is 5.41 Å². The molecule has 11 heteroatoms. The Morgan fingerprint density at radius 1 is 1.21 bits per heavy atom. The van der Waals surface area contributed by atoms with Crippen LogP contribution in [0.3, 0.4) is 0 Å². The fourth-order valence-electron chi connectivity index (χ4n) is 5.85. The molecule has 1 aromatic carbocycles. The van der Waals surface area contributed by atoms with Crippen LogP contribution in [0.1, 0.15) is 57.9 Å². The van der Waals surface area contributed by atoms with E-state index in [0.29, 0.717) is 50.0 Å². The first-order valence-electron chi connectivity index (χ1n) is 12.8. The zero-order chi connectivity index (χ0) is 26.4. The fourth-order valence-corrected chi connectivity index (χ4v) is 5.85. The number of likely N-dealkylation sites (tertiary alicyclic amines) is 2. The van der Waals surface area contributed by atoms with E-state index in [0.717, 1.165) is 23.4 Å². The van der Waals surface area contributed by atoms with Crippen molar-refractivity contribution in [3.8, 4) is 0 Å². The Labute approximate surface area is 220 Å². The lowest BCUT2D eigenvalue weighted by Gasteiger charge is -2.48. The summed E-state index contributed by atoms with van der Waals surface area (Å²) in [5.41, 5.74) is 3.28. The molecule has 0 saturated carbocycles. The van der Waals surface area contributed by atoms with Crippen molar-refractivity contribution < 1.29 is 14.1 Å². The molecule has 0 bridgehead atoms. The number of carbonyl (C=O) groups excluding carboxylic acids is 2. The molecule has 6 rings (SSSR count). The van der Waals surface area contributed by atoms with Crippen LogP contribution in [0.2, 0.25) is 0 Å². The van der Waals surface area contributed by atoms with Gasteiger partial charge in [-0.15, -0.1) is 0 Å². The molecule has 2 aliphatic rings. The van der Waals surface area contributed by atoms with E-state index in [2.05, 4.69) is 15.4 Å². The van der Waals surface area contributed by atoms with Crippen LogP contribution in [0, 0.1) is 19.3 Å². The van der Waals surface area contributed by atoms with Crippen molar-refractivity contribution in [1.29, 1.82) is 0 Å². The Hall–Kier alpha value is -4.28. The molecule has 5 heterocycles. The molecule has 0 aliphatic carbocycles. The van der Waals surface area contributed by atoms with E-state index >= 15 is 0 Å². The maximum absolute atomic E-state index is 13.5. The second kappa shape index (κ2) is 9.23. The number of aryl methyl sites for hydroxylation is 2. The highest BCUT2D eigenvalue weighted by Gasteiger charge is 2.57. The van der Waals surface area contributed by atoms with Gasteiger partial charge in [-0.3, -0.25) is 19.0 Å². The molecule has 1 spiro atoms. The van der Waals surface area contributed by atoms with Crippen LogP contribution in [0.25, 0.3) is 0 Å². The summed E-state index contributed by atoms with van der Waals surface area (Å²) in [5.74, 6) is 0.802. The summed E-state index contributed by atoms with van der Waals surface area (Å²) < 4.78 is 9.34. The first kappa shape index (κ1) is 24.1. The Morgan fingerprint density at radius 2 is 2.00 bits per heavy atom. The van der Waals surface area contributed by atoms with Crippen LogP contribution in [-0.4, -0.2) is 78.0 Å². The predicted molar refractivity (Wildman–Crippen MR) is 136 cm³/mol. The average Bonchev–Trinajstić information content (AvgIpc) is 3.68. The molecule has 2 amide bonds. The van der Waals surface area contributed by atoms with Gasteiger partial charge < -0.3 is 14.3 Å². The van der Waals surface area contributed by atoms with Crippen molar-refractivity contribution in [3.05, 3.63) is 83.0 Å². The van der Waals surface area contributed by atoms with Crippen molar-refractivity contribution in [2.45, 2.75) is 39.3 Å². The zero-order valence-electron chi connectivity index (χ0n) is 21.7. The predicted octanol–water partition coefficient (Wildman–Crippen LogP) is 2.44. The monoisotopic (exact) mass is 514 g/mol. The topological polar surface area (TPSA) is 115 Å². The van der Waals surface area contributed by atoms with Crippen LogP contribution in [0.5, 0.6) is 0 Å². The highest BCUT2D eigenvalue weighted by atomic mass is 16.5. The Bertz CT molecular complexity index is 1470. The van der Waals surface area contributed by atoms with E-state index in [1.54, 1.807) is 22.0 Å². The highest BCUT2D eigenvalue weighted by molar-refractivity contribution is 5.94. The lowest BCUT2D eigenvalue weighted by atomic mass is 9.71. The van der Waals surface area contributed by atoms with Crippen LogP contribution in [0.4, 0.5) is 0 Å². The molecule has 2 unspecified atom stereocenters. The van der Waals surface area contributed by atoms with E-state index in [-0.39, 0.29) is 23.3 Å². The smallest absolute Gasteiger partial charge is 0.257 e.